The second kappa shape index (κ2) is 6.31. The van der Waals surface area contributed by atoms with E-state index in [2.05, 4.69) is 4.74 Å². The molecule has 0 aromatic heterocycles. The molecule has 0 aliphatic rings. The second-order valence-corrected chi connectivity index (χ2v) is 3.85. The molecule has 0 amide bonds. The average molecular weight is 192 g/mol. The first-order valence-electron chi connectivity index (χ1n) is 3.97. The molecule has 0 saturated carbocycles. The Bertz CT molecular complexity index is 136. The Morgan fingerprint density at radius 1 is 1.67 bits per heavy atom. The van der Waals surface area contributed by atoms with E-state index in [9.17, 15) is 9.90 Å². The largest absolute Gasteiger partial charge is 0.469 e. The van der Waals surface area contributed by atoms with Crippen LogP contribution in [0.1, 0.15) is 13.8 Å². The summed E-state index contributed by atoms with van der Waals surface area (Å²) in [5.74, 6) is 0.854. The molecule has 1 N–H and O–H groups in total. The topological polar surface area (TPSA) is 46.5 Å². The molecule has 0 unspecified atom stereocenters. The Balaban J connectivity index is 3.95. The molecule has 72 valence electrons. The maximum absolute atomic E-state index is 11.1. The molecule has 4 heteroatoms. The fourth-order valence-corrected chi connectivity index (χ4v) is 1.70. The van der Waals surface area contributed by atoms with Crippen LogP contribution in [0.5, 0.6) is 0 Å². The molecule has 0 bridgehead atoms. The van der Waals surface area contributed by atoms with Crippen molar-refractivity contribution in [2.24, 2.45) is 5.92 Å². The van der Waals surface area contributed by atoms with Crippen LogP contribution in [0, 0.1) is 5.92 Å². The molecule has 0 rings (SSSR count). The Hall–Kier alpha value is -0.220. The van der Waals surface area contributed by atoms with Crippen molar-refractivity contribution in [3.05, 3.63) is 0 Å². The number of carbonyl (C=O) groups is 1. The number of hydrogen-bond donors (Lipinski definition) is 1. The summed E-state index contributed by atoms with van der Waals surface area (Å²) in [6, 6.07) is 0. The van der Waals surface area contributed by atoms with Crippen LogP contribution in [0.15, 0.2) is 0 Å². The van der Waals surface area contributed by atoms with Crippen LogP contribution >= 0.6 is 11.8 Å². The number of methoxy groups -OCH3 is 1. The Labute approximate surface area is 77.5 Å². The molecule has 0 aliphatic heterocycles. The third-order valence-corrected chi connectivity index (χ3v) is 2.59. The summed E-state index contributed by atoms with van der Waals surface area (Å²) in [5.41, 5.74) is 0. The van der Waals surface area contributed by atoms with Gasteiger partial charge in [-0.3, -0.25) is 4.79 Å². The normalized spacial score (nSPS) is 15.3. The van der Waals surface area contributed by atoms with E-state index in [0.29, 0.717) is 5.75 Å². The van der Waals surface area contributed by atoms with Gasteiger partial charge in [-0.05, 0) is 12.7 Å². The minimum absolute atomic E-state index is 0.328. The van der Waals surface area contributed by atoms with Crippen LogP contribution in [0.4, 0.5) is 0 Å². The quantitative estimate of drug-likeness (QED) is 0.658. The van der Waals surface area contributed by atoms with E-state index < -0.39 is 6.10 Å². The van der Waals surface area contributed by atoms with Crippen molar-refractivity contribution in [2.75, 3.05) is 18.6 Å². The number of thioether (sulfide) groups is 1. The number of rotatable bonds is 5. The second-order valence-electron chi connectivity index (χ2n) is 2.53. The van der Waals surface area contributed by atoms with Crippen LogP contribution < -0.4 is 0 Å². The van der Waals surface area contributed by atoms with Crippen LogP contribution in [-0.2, 0) is 9.53 Å². The van der Waals surface area contributed by atoms with Gasteiger partial charge in [0.05, 0.1) is 19.1 Å². The molecule has 0 spiro atoms. The maximum Gasteiger partial charge on any atom is 0.312 e. The standard InChI is InChI=1S/C8H16O3S/c1-4-12-5-7(6(2)9)8(10)11-3/h6-7,9H,4-5H2,1-3H3/t6-,7+/m1/s1. The molecular formula is C8H16O3S. The highest BCUT2D eigenvalue weighted by atomic mass is 32.2. The predicted octanol–water partition coefficient (Wildman–Crippen LogP) is 0.909. The summed E-state index contributed by atoms with van der Waals surface area (Å²) >= 11 is 1.63. The lowest BCUT2D eigenvalue weighted by atomic mass is 10.1. The molecule has 2 atom stereocenters. The Morgan fingerprint density at radius 3 is 2.58 bits per heavy atom. The van der Waals surface area contributed by atoms with Crippen molar-refractivity contribution in [1.29, 1.82) is 0 Å². The lowest BCUT2D eigenvalue weighted by Crippen LogP contribution is -2.29. The van der Waals surface area contributed by atoms with Crippen molar-refractivity contribution in [1.82, 2.24) is 0 Å². The predicted molar refractivity (Wildman–Crippen MR) is 50.2 cm³/mol. The van der Waals surface area contributed by atoms with Crippen molar-refractivity contribution >= 4 is 17.7 Å². The van der Waals surface area contributed by atoms with Gasteiger partial charge in [0.25, 0.3) is 0 Å². The first-order chi connectivity index (χ1) is 5.63. The van der Waals surface area contributed by atoms with Crippen molar-refractivity contribution in [3.63, 3.8) is 0 Å². The number of aliphatic hydroxyl groups excluding tert-OH is 1. The first-order valence-corrected chi connectivity index (χ1v) is 5.12. The van der Waals surface area contributed by atoms with Crippen molar-refractivity contribution < 1.29 is 14.6 Å². The number of esters is 1. The number of hydrogen-bond acceptors (Lipinski definition) is 4. The van der Waals surface area contributed by atoms with Gasteiger partial charge in [0.15, 0.2) is 0 Å². The minimum Gasteiger partial charge on any atom is -0.469 e. The summed E-state index contributed by atoms with van der Waals surface area (Å²) in [5, 5.41) is 9.23. The molecule has 0 radical (unpaired) electrons. The van der Waals surface area contributed by atoms with Crippen LogP contribution in [0.25, 0.3) is 0 Å². The summed E-state index contributed by atoms with van der Waals surface area (Å²) in [7, 11) is 1.34. The van der Waals surface area contributed by atoms with Gasteiger partial charge in [-0.25, -0.2) is 0 Å². The molecule has 3 nitrogen and oxygen atoms in total. The van der Waals surface area contributed by atoms with Gasteiger partial charge in [-0.2, -0.15) is 11.8 Å². The molecule has 0 fully saturated rings. The fourth-order valence-electron chi connectivity index (χ4n) is 0.800. The molecule has 12 heavy (non-hydrogen) atoms. The summed E-state index contributed by atoms with van der Waals surface area (Å²) < 4.78 is 4.56. The molecular weight excluding hydrogens is 176 g/mol. The van der Waals surface area contributed by atoms with Gasteiger partial charge in [-0.15, -0.1) is 0 Å². The third-order valence-electron chi connectivity index (χ3n) is 1.59. The smallest absolute Gasteiger partial charge is 0.312 e. The fraction of sp³-hybridized carbons (Fsp3) is 0.875. The van der Waals surface area contributed by atoms with E-state index in [1.165, 1.54) is 7.11 Å². The van der Waals surface area contributed by atoms with E-state index in [0.717, 1.165) is 5.75 Å². The van der Waals surface area contributed by atoms with Gasteiger partial charge < -0.3 is 9.84 Å². The molecule has 0 aliphatic carbocycles. The number of aliphatic hydroxyl groups is 1. The molecule has 0 saturated heterocycles. The lowest BCUT2D eigenvalue weighted by molar-refractivity contribution is -0.147. The van der Waals surface area contributed by atoms with Gasteiger partial charge in [0.2, 0.25) is 0 Å². The van der Waals surface area contributed by atoms with Crippen LogP contribution in [-0.4, -0.2) is 35.8 Å². The SMILES string of the molecule is CCSC[C@H](C(=O)OC)[C@@H](C)O. The van der Waals surface area contributed by atoms with Crippen LogP contribution in [0.3, 0.4) is 0 Å². The zero-order valence-corrected chi connectivity index (χ0v) is 8.56. The Kier molecular flexibility index (Phi) is 6.20. The molecule has 0 aromatic rings. The third kappa shape index (κ3) is 3.97. The zero-order valence-electron chi connectivity index (χ0n) is 7.74. The monoisotopic (exact) mass is 192 g/mol. The van der Waals surface area contributed by atoms with E-state index in [1.807, 2.05) is 6.92 Å². The molecule has 0 heterocycles. The van der Waals surface area contributed by atoms with Crippen LogP contribution in [0.2, 0.25) is 0 Å². The summed E-state index contributed by atoms with van der Waals surface area (Å²) in [6.45, 7) is 3.62. The van der Waals surface area contributed by atoms with Gasteiger partial charge >= 0.3 is 5.97 Å². The molecule has 0 aromatic carbocycles. The van der Waals surface area contributed by atoms with E-state index >= 15 is 0 Å². The highest BCUT2D eigenvalue weighted by Crippen LogP contribution is 2.13. The maximum atomic E-state index is 11.1. The van der Waals surface area contributed by atoms with Gasteiger partial charge in [0.1, 0.15) is 0 Å². The first kappa shape index (κ1) is 11.8. The average Bonchev–Trinajstić information content (AvgIpc) is 2.04. The van der Waals surface area contributed by atoms with E-state index in [-0.39, 0.29) is 11.9 Å². The van der Waals surface area contributed by atoms with E-state index in [1.54, 1.807) is 18.7 Å². The van der Waals surface area contributed by atoms with Crippen molar-refractivity contribution in [3.8, 4) is 0 Å². The minimum atomic E-state index is -0.628. The van der Waals surface area contributed by atoms with E-state index in [4.69, 9.17) is 0 Å². The highest BCUT2D eigenvalue weighted by molar-refractivity contribution is 7.99. The number of ether oxygens (including phenoxy) is 1. The summed E-state index contributed by atoms with van der Waals surface area (Å²) in [6.07, 6.45) is -0.628. The Morgan fingerprint density at radius 2 is 2.25 bits per heavy atom. The highest BCUT2D eigenvalue weighted by Gasteiger charge is 2.23. The zero-order chi connectivity index (χ0) is 9.56. The van der Waals surface area contributed by atoms with Gasteiger partial charge in [-0.1, -0.05) is 6.92 Å². The van der Waals surface area contributed by atoms with Crippen molar-refractivity contribution in [2.45, 2.75) is 20.0 Å². The summed E-state index contributed by atoms with van der Waals surface area (Å²) in [4.78, 5) is 11.1. The number of carbonyl (C=O) groups excluding carboxylic acids is 1. The van der Waals surface area contributed by atoms with Gasteiger partial charge in [0, 0.05) is 5.75 Å². The lowest BCUT2D eigenvalue weighted by Gasteiger charge is -2.16.